The Labute approximate surface area is 112 Å². The summed E-state index contributed by atoms with van der Waals surface area (Å²) in [7, 11) is 0. The standard InChI is InChI=1S/C14H18N2O3/c15-11-4-3-5-12(10-11)19-9-8-16-13(17)6-1-2-7-14(16)18/h3-5,10H,1-2,6-9,15H2. The minimum Gasteiger partial charge on any atom is -0.492 e. The Bertz CT molecular complexity index is 456. The van der Waals surface area contributed by atoms with Gasteiger partial charge in [-0.3, -0.25) is 14.5 Å². The molecule has 1 aliphatic rings. The number of hydrogen-bond donors (Lipinski definition) is 1. The van der Waals surface area contributed by atoms with E-state index in [1.165, 1.54) is 4.90 Å². The maximum Gasteiger partial charge on any atom is 0.229 e. The molecule has 1 aromatic rings. The van der Waals surface area contributed by atoms with Gasteiger partial charge in [-0.25, -0.2) is 0 Å². The second-order valence-corrected chi connectivity index (χ2v) is 4.57. The van der Waals surface area contributed by atoms with E-state index in [2.05, 4.69) is 0 Å². The number of benzene rings is 1. The molecule has 0 aliphatic carbocycles. The molecule has 2 N–H and O–H groups in total. The van der Waals surface area contributed by atoms with E-state index in [1.807, 2.05) is 0 Å². The average Bonchev–Trinajstić information content (AvgIpc) is 2.53. The lowest BCUT2D eigenvalue weighted by molar-refractivity contribution is -0.144. The van der Waals surface area contributed by atoms with Crippen LogP contribution in [0.5, 0.6) is 5.75 Å². The molecular formula is C14H18N2O3. The van der Waals surface area contributed by atoms with Crippen molar-refractivity contribution in [2.75, 3.05) is 18.9 Å². The van der Waals surface area contributed by atoms with E-state index in [4.69, 9.17) is 10.5 Å². The van der Waals surface area contributed by atoms with Gasteiger partial charge in [0.2, 0.25) is 11.8 Å². The zero-order valence-corrected chi connectivity index (χ0v) is 10.8. The van der Waals surface area contributed by atoms with Crippen LogP contribution in [0, 0.1) is 0 Å². The van der Waals surface area contributed by atoms with Crippen LogP contribution in [0.25, 0.3) is 0 Å². The summed E-state index contributed by atoms with van der Waals surface area (Å²) in [6.07, 6.45) is 2.47. The third-order valence-electron chi connectivity index (χ3n) is 3.08. The van der Waals surface area contributed by atoms with Gasteiger partial charge in [0.15, 0.2) is 0 Å². The van der Waals surface area contributed by atoms with Gasteiger partial charge >= 0.3 is 0 Å². The highest BCUT2D eigenvalue weighted by molar-refractivity contribution is 5.95. The Morgan fingerprint density at radius 1 is 1.16 bits per heavy atom. The summed E-state index contributed by atoms with van der Waals surface area (Å²) < 4.78 is 5.50. The molecule has 0 atom stereocenters. The van der Waals surface area contributed by atoms with Gasteiger partial charge in [-0.15, -0.1) is 0 Å². The minimum atomic E-state index is -0.0984. The molecule has 102 valence electrons. The lowest BCUT2D eigenvalue weighted by Gasteiger charge is -2.18. The minimum absolute atomic E-state index is 0.0984. The Kier molecular flexibility index (Phi) is 4.39. The van der Waals surface area contributed by atoms with Crippen LogP contribution in [0.3, 0.4) is 0 Å². The van der Waals surface area contributed by atoms with E-state index in [0.29, 0.717) is 37.4 Å². The van der Waals surface area contributed by atoms with E-state index in [1.54, 1.807) is 24.3 Å². The molecule has 0 unspecified atom stereocenters. The molecule has 1 saturated heterocycles. The summed E-state index contributed by atoms with van der Waals surface area (Å²) in [6, 6.07) is 7.08. The molecule has 1 fully saturated rings. The number of carbonyl (C=O) groups is 2. The van der Waals surface area contributed by atoms with Crippen molar-refractivity contribution in [1.82, 2.24) is 4.90 Å². The first kappa shape index (κ1) is 13.4. The molecule has 1 aromatic carbocycles. The number of amides is 2. The van der Waals surface area contributed by atoms with E-state index < -0.39 is 0 Å². The maximum absolute atomic E-state index is 11.8. The normalized spacial score (nSPS) is 16.3. The van der Waals surface area contributed by atoms with Crippen molar-refractivity contribution in [3.8, 4) is 5.75 Å². The van der Waals surface area contributed by atoms with Crippen molar-refractivity contribution in [2.45, 2.75) is 25.7 Å². The van der Waals surface area contributed by atoms with Crippen LogP contribution in [-0.2, 0) is 9.59 Å². The highest BCUT2D eigenvalue weighted by Gasteiger charge is 2.23. The van der Waals surface area contributed by atoms with Crippen LogP contribution in [0.2, 0.25) is 0 Å². The molecular weight excluding hydrogens is 244 g/mol. The molecule has 1 heterocycles. The largest absolute Gasteiger partial charge is 0.492 e. The molecule has 19 heavy (non-hydrogen) atoms. The highest BCUT2D eigenvalue weighted by Crippen LogP contribution is 2.15. The number of likely N-dealkylation sites (tertiary alicyclic amines) is 1. The molecule has 2 amide bonds. The van der Waals surface area contributed by atoms with Crippen LogP contribution in [0.1, 0.15) is 25.7 Å². The Morgan fingerprint density at radius 3 is 2.47 bits per heavy atom. The fourth-order valence-electron chi connectivity index (χ4n) is 2.07. The van der Waals surface area contributed by atoms with Gasteiger partial charge in [-0.2, -0.15) is 0 Å². The lowest BCUT2D eigenvalue weighted by atomic mass is 10.2. The van der Waals surface area contributed by atoms with Gasteiger partial charge in [-0.1, -0.05) is 6.07 Å². The summed E-state index contributed by atoms with van der Waals surface area (Å²) >= 11 is 0. The van der Waals surface area contributed by atoms with Crippen LogP contribution in [0.4, 0.5) is 5.69 Å². The smallest absolute Gasteiger partial charge is 0.229 e. The molecule has 5 heteroatoms. The predicted molar refractivity (Wildman–Crippen MR) is 71.5 cm³/mol. The van der Waals surface area contributed by atoms with Gasteiger partial charge in [0.05, 0.1) is 6.54 Å². The first-order chi connectivity index (χ1) is 9.16. The number of anilines is 1. The number of rotatable bonds is 4. The van der Waals surface area contributed by atoms with Gasteiger partial charge < -0.3 is 10.5 Å². The van der Waals surface area contributed by atoms with E-state index in [0.717, 1.165) is 12.8 Å². The number of nitrogens with zero attached hydrogens (tertiary/aromatic N) is 1. The lowest BCUT2D eigenvalue weighted by Crippen LogP contribution is -2.38. The summed E-state index contributed by atoms with van der Waals surface area (Å²) in [5, 5.41) is 0. The number of ether oxygens (including phenoxy) is 1. The van der Waals surface area contributed by atoms with E-state index in [9.17, 15) is 9.59 Å². The topological polar surface area (TPSA) is 72.6 Å². The fourth-order valence-corrected chi connectivity index (χ4v) is 2.07. The first-order valence-electron chi connectivity index (χ1n) is 6.48. The van der Waals surface area contributed by atoms with Crippen LogP contribution in [0.15, 0.2) is 24.3 Å². The fraction of sp³-hybridized carbons (Fsp3) is 0.429. The number of nitrogen functional groups attached to an aromatic ring is 1. The zero-order valence-electron chi connectivity index (χ0n) is 10.8. The molecule has 1 aliphatic heterocycles. The molecule has 2 rings (SSSR count). The summed E-state index contributed by atoms with van der Waals surface area (Å²) in [6.45, 7) is 0.591. The quantitative estimate of drug-likeness (QED) is 0.660. The maximum atomic E-state index is 11.8. The summed E-state index contributed by atoms with van der Waals surface area (Å²) in [5.74, 6) is 0.451. The van der Waals surface area contributed by atoms with Crippen molar-refractivity contribution in [2.24, 2.45) is 0 Å². The van der Waals surface area contributed by atoms with Crippen LogP contribution in [-0.4, -0.2) is 29.9 Å². The number of nitrogens with two attached hydrogens (primary N) is 1. The third kappa shape index (κ3) is 3.71. The Hall–Kier alpha value is -2.04. The van der Waals surface area contributed by atoms with Crippen LogP contribution >= 0.6 is 0 Å². The highest BCUT2D eigenvalue weighted by atomic mass is 16.5. The monoisotopic (exact) mass is 262 g/mol. The number of carbonyl (C=O) groups excluding carboxylic acids is 2. The van der Waals surface area contributed by atoms with Gasteiger partial charge in [0, 0.05) is 24.6 Å². The van der Waals surface area contributed by atoms with Crippen molar-refractivity contribution in [1.29, 1.82) is 0 Å². The molecule has 0 aromatic heterocycles. The zero-order chi connectivity index (χ0) is 13.7. The van der Waals surface area contributed by atoms with Crippen molar-refractivity contribution in [3.05, 3.63) is 24.3 Å². The van der Waals surface area contributed by atoms with Crippen molar-refractivity contribution >= 4 is 17.5 Å². The van der Waals surface area contributed by atoms with Gasteiger partial charge in [-0.05, 0) is 25.0 Å². The molecule has 0 saturated carbocycles. The Balaban J connectivity index is 1.87. The summed E-state index contributed by atoms with van der Waals surface area (Å²) in [5.41, 5.74) is 6.26. The number of imide groups is 1. The number of hydrogen-bond acceptors (Lipinski definition) is 4. The third-order valence-corrected chi connectivity index (χ3v) is 3.08. The predicted octanol–water partition coefficient (Wildman–Crippen LogP) is 1.58. The van der Waals surface area contributed by atoms with Crippen molar-refractivity contribution in [3.63, 3.8) is 0 Å². The average molecular weight is 262 g/mol. The Morgan fingerprint density at radius 2 is 1.84 bits per heavy atom. The van der Waals surface area contributed by atoms with E-state index in [-0.39, 0.29) is 11.8 Å². The molecule has 0 radical (unpaired) electrons. The molecule has 0 spiro atoms. The second kappa shape index (κ2) is 6.22. The van der Waals surface area contributed by atoms with Gasteiger partial charge in [0.25, 0.3) is 0 Å². The molecule has 0 bridgehead atoms. The second-order valence-electron chi connectivity index (χ2n) is 4.57. The molecule has 5 nitrogen and oxygen atoms in total. The van der Waals surface area contributed by atoms with Gasteiger partial charge in [0.1, 0.15) is 12.4 Å². The van der Waals surface area contributed by atoms with E-state index >= 15 is 0 Å². The summed E-state index contributed by atoms with van der Waals surface area (Å²) in [4.78, 5) is 24.8. The van der Waals surface area contributed by atoms with Crippen molar-refractivity contribution < 1.29 is 14.3 Å². The SMILES string of the molecule is Nc1cccc(OCCN2C(=O)CCCCC2=O)c1. The first-order valence-corrected chi connectivity index (χ1v) is 6.48. The van der Waals surface area contributed by atoms with Crippen LogP contribution < -0.4 is 10.5 Å².